The van der Waals surface area contributed by atoms with Crippen LogP contribution in [0.5, 0.6) is 0 Å². The molecule has 136 valence electrons. The number of allylic oxidation sites excluding steroid dienone is 2. The van der Waals surface area contributed by atoms with E-state index in [1.165, 1.54) is 89.9 Å². The molecule has 0 bridgehead atoms. The van der Waals surface area contributed by atoms with E-state index in [0.717, 1.165) is 30.1 Å². The van der Waals surface area contributed by atoms with Crippen LogP contribution in [0.4, 0.5) is 0 Å². The molecule has 0 heterocycles. The van der Waals surface area contributed by atoms with Crippen LogP contribution in [0.15, 0.2) is 12.2 Å². The molecule has 2 aliphatic carbocycles. The first-order chi connectivity index (χ1) is 11.8. The molecule has 0 spiro atoms. The third-order valence-electron chi connectivity index (χ3n) is 6.82. The summed E-state index contributed by atoms with van der Waals surface area (Å²) in [6.45, 7) is 2.32. The Morgan fingerprint density at radius 2 is 1.21 bits per heavy atom. The van der Waals surface area contributed by atoms with E-state index < -0.39 is 0 Å². The Hall–Kier alpha value is -0.770. The standard InChI is InChI=1S/C23H39N/c1-2-3-7-20-9-13-22(14-10-20)17-18-23-15-11-21(12-16-23)8-5-4-6-19-24/h4,6,20-23H,2-3,5,7-18H2,1H3/t20-,21-,22-,23-. The smallest absolute Gasteiger partial charge is 0.0908 e. The monoisotopic (exact) mass is 329 g/mol. The predicted molar refractivity (Wildman–Crippen MR) is 104 cm³/mol. The molecule has 0 aromatic rings. The van der Waals surface area contributed by atoms with Gasteiger partial charge < -0.3 is 0 Å². The summed E-state index contributed by atoms with van der Waals surface area (Å²) in [6.07, 6.45) is 25.3. The van der Waals surface area contributed by atoms with Crippen molar-refractivity contribution in [2.75, 3.05) is 0 Å². The van der Waals surface area contributed by atoms with E-state index in [9.17, 15) is 0 Å². The second-order valence-electron chi connectivity index (χ2n) is 8.60. The summed E-state index contributed by atoms with van der Waals surface area (Å²) in [5.41, 5.74) is 0. The van der Waals surface area contributed by atoms with Gasteiger partial charge in [0, 0.05) is 6.08 Å². The van der Waals surface area contributed by atoms with E-state index in [2.05, 4.69) is 13.0 Å². The predicted octanol–water partition coefficient (Wildman–Crippen LogP) is 7.43. The highest BCUT2D eigenvalue weighted by molar-refractivity contribution is 5.01. The Morgan fingerprint density at radius 3 is 1.67 bits per heavy atom. The number of nitrogens with zero attached hydrogens (tertiary/aromatic N) is 1. The van der Waals surface area contributed by atoms with Gasteiger partial charge in [-0.1, -0.05) is 96.5 Å². The summed E-state index contributed by atoms with van der Waals surface area (Å²) in [7, 11) is 0. The Bertz CT molecular complexity index is 375. The molecule has 0 aromatic carbocycles. The van der Waals surface area contributed by atoms with E-state index in [1.54, 1.807) is 6.08 Å². The molecular formula is C23H39N. The summed E-state index contributed by atoms with van der Waals surface area (Å²) < 4.78 is 0. The lowest BCUT2D eigenvalue weighted by Crippen LogP contribution is -2.18. The van der Waals surface area contributed by atoms with E-state index in [0.29, 0.717) is 0 Å². The summed E-state index contributed by atoms with van der Waals surface area (Å²) in [5.74, 6) is 4.07. The minimum absolute atomic E-state index is 0.929. The van der Waals surface area contributed by atoms with E-state index in [-0.39, 0.29) is 0 Å². The van der Waals surface area contributed by atoms with Gasteiger partial charge >= 0.3 is 0 Å². The van der Waals surface area contributed by atoms with Crippen molar-refractivity contribution < 1.29 is 0 Å². The van der Waals surface area contributed by atoms with Crippen molar-refractivity contribution in [1.29, 1.82) is 5.26 Å². The average Bonchev–Trinajstić information content (AvgIpc) is 2.64. The van der Waals surface area contributed by atoms with Gasteiger partial charge in [-0.25, -0.2) is 0 Å². The first kappa shape index (κ1) is 19.6. The Kier molecular flexibility index (Phi) is 9.55. The lowest BCUT2D eigenvalue weighted by atomic mass is 9.74. The molecule has 0 amide bonds. The molecule has 0 aliphatic heterocycles. The fraction of sp³-hybridized carbons (Fsp3) is 0.870. The van der Waals surface area contributed by atoms with E-state index in [1.807, 2.05) is 6.08 Å². The van der Waals surface area contributed by atoms with Gasteiger partial charge in [-0.05, 0) is 36.5 Å². The number of unbranched alkanes of at least 4 members (excludes halogenated alkanes) is 1. The van der Waals surface area contributed by atoms with Crippen LogP contribution in [0.3, 0.4) is 0 Å². The highest BCUT2D eigenvalue weighted by atomic mass is 14.3. The number of rotatable bonds is 9. The maximum absolute atomic E-state index is 8.52. The highest BCUT2D eigenvalue weighted by Crippen LogP contribution is 2.38. The zero-order valence-corrected chi connectivity index (χ0v) is 16.0. The van der Waals surface area contributed by atoms with Crippen LogP contribution >= 0.6 is 0 Å². The minimum atomic E-state index is 0.929. The molecule has 0 atom stereocenters. The summed E-state index contributed by atoms with van der Waals surface area (Å²) in [4.78, 5) is 0. The molecule has 0 N–H and O–H groups in total. The van der Waals surface area contributed by atoms with Crippen molar-refractivity contribution >= 4 is 0 Å². The van der Waals surface area contributed by atoms with Crippen molar-refractivity contribution in [3.05, 3.63) is 12.2 Å². The summed E-state index contributed by atoms with van der Waals surface area (Å²) in [5, 5.41) is 8.52. The third kappa shape index (κ3) is 7.42. The topological polar surface area (TPSA) is 23.8 Å². The molecule has 2 rings (SSSR count). The number of nitriles is 1. The molecule has 1 heteroatoms. The lowest BCUT2D eigenvalue weighted by molar-refractivity contribution is 0.209. The molecule has 1 nitrogen and oxygen atoms in total. The lowest BCUT2D eigenvalue weighted by Gasteiger charge is -2.32. The highest BCUT2D eigenvalue weighted by Gasteiger charge is 2.24. The van der Waals surface area contributed by atoms with Gasteiger partial charge in [-0.3, -0.25) is 0 Å². The second-order valence-corrected chi connectivity index (χ2v) is 8.60. The van der Waals surface area contributed by atoms with Gasteiger partial charge in [0.1, 0.15) is 0 Å². The molecule has 0 saturated heterocycles. The molecular weight excluding hydrogens is 290 g/mol. The van der Waals surface area contributed by atoms with Crippen LogP contribution in [-0.2, 0) is 0 Å². The van der Waals surface area contributed by atoms with Gasteiger partial charge in [0.25, 0.3) is 0 Å². The number of hydrogen-bond acceptors (Lipinski definition) is 1. The maximum Gasteiger partial charge on any atom is 0.0908 e. The molecule has 24 heavy (non-hydrogen) atoms. The third-order valence-corrected chi connectivity index (χ3v) is 6.82. The molecule has 2 aliphatic rings. The second kappa shape index (κ2) is 11.7. The van der Waals surface area contributed by atoms with E-state index in [4.69, 9.17) is 5.26 Å². The van der Waals surface area contributed by atoms with Crippen molar-refractivity contribution in [1.82, 2.24) is 0 Å². The normalized spacial score (nSPS) is 31.2. The Balaban J connectivity index is 1.52. The van der Waals surface area contributed by atoms with Crippen molar-refractivity contribution in [3.8, 4) is 6.07 Å². The number of hydrogen-bond donors (Lipinski definition) is 0. The van der Waals surface area contributed by atoms with Crippen LogP contribution in [0.2, 0.25) is 0 Å². The average molecular weight is 330 g/mol. The molecule has 2 fully saturated rings. The van der Waals surface area contributed by atoms with Crippen molar-refractivity contribution in [2.45, 2.75) is 103 Å². The Morgan fingerprint density at radius 1 is 0.750 bits per heavy atom. The molecule has 2 saturated carbocycles. The van der Waals surface area contributed by atoms with Crippen LogP contribution in [-0.4, -0.2) is 0 Å². The minimum Gasteiger partial charge on any atom is -0.193 e. The molecule has 0 radical (unpaired) electrons. The largest absolute Gasteiger partial charge is 0.193 e. The Labute approximate surface area is 150 Å². The first-order valence-electron chi connectivity index (χ1n) is 10.9. The van der Waals surface area contributed by atoms with Crippen LogP contribution in [0, 0.1) is 35.0 Å². The quantitative estimate of drug-likeness (QED) is 0.403. The van der Waals surface area contributed by atoms with Crippen LogP contribution < -0.4 is 0 Å². The summed E-state index contributed by atoms with van der Waals surface area (Å²) >= 11 is 0. The van der Waals surface area contributed by atoms with Crippen LogP contribution in [0.25, 0.3) is 0 Å². The fourth-order valence-electron chi connectivity index (χ4n) is 5.05. The fourth-order valence-corrected chi connectivity index (χ4v) is 5.05. The molecule has 0 unspecified atom stereocenters. The van der Waals surface area contributed by atoms with Crippen molar-refractivity contribution in [3.63, 3.8) is 0 Å². The zero-order chi connectivity index (χ0) is 17.0. The summed E-state index contributed by atoms with van der Waals surface area (Å²) in [6, 6.07) is 2.09. The SMILES string of the molecule is CCCC[C@H]1CC[C@H](CC[C@H]2CC[C@H](CCC=CC#N)CC2)CC1. The van der Waals surface area contributed by atoms with Gasteiger partial charge in [0.15, 0.2) is 0 Å². The molecule has 0 aromatic heterocycles. The zero-order valence-electron chi connectivity index (χ0n) is 16.0. The van der Waals surface area contributed by atoms with Crippen LogP contribution in [0.1, 0.15) is 103 Å². The van der Waals surface area contributed by atoms with E-state index >= 15 is 0 Å². The van der Waals surface area contributed by atoms with Gasteiger partial charge in [-0.15, -0.1) is 0 Å². The first-order valence-corrected chi connectivity index (χ1v) is 10.9. The van der Waals surface area contributed by atoms with Gasteiger partial charge in [0.05, 0.1) is 6.07 Å². The maximum atomic E-state index is 8.52. The van der Waals surface area contributed by atoms with Gasteiger partial charge in [0.2, 0.25) is 0 Å². The van der Waals surface area contributed by atoms with Gasteiger partial charge in [-0.2, -0.15) is 5.26 Å². The van der Waals surface area contributed by atoms with Crippen molar-refractivity contribution in [2.24, 2.45) is 23.7 Å².